The topological polar surface area (TPSA) is 87.0 Å². The van der Waals surface area contributed by atoms with Crippen molar-refractivity contribution >= 4 is 23.4 Å². The molecule has 204 valence electrons. The van der Waals surface area contributed by atoms with Crippen LogP contribution in [0.2, 0.25) is 0 Å². The van der Waals surface area contributed by atoms with Crippen LogP contribution in [-0.2, 0) is 27.3 Å². The van der Waals surface area contributed by atoms with Crippen LogP contribution in [0.3, 0.4) is 0 Å². The summed E-state index contributed by atoms with van der Waals surface area (Å²) in [4.78, 5) is 42.9. The number of para-hydroxylation sites is 1. The minimum Gasteiger partial charge on any atom is -0.341 e. The molecule has 0 unspecified atom stereocenters. The maximum atomic E-state index is 14.0. The van der Waals surface area contributed by atoms with E-state index in [2.05, 4.69) is 0 Å². The molecule has 7 nitrogen and oxygen atoms in total. The number of nitrogens with zero attached hydrogens (tertiary/aromatic N) is 3. The van der Waals surface area contributed by atoms with Crippen LogP contribution in [0.5, 0.6) is 0 Å². The summed E-state index contributed by atoms with van der Waals surface area (Å²) in [6.45, 7) is -0.926. The smallest absolute Gasteiger partial charge is 0.251 e. The minimum absolute atomic E-state index is 0.0353. The third-order valence-electron chi connectivity index (χ3n) is 6.77. The van der Waals surface area contributed by atoms with Crippen LogP contribution in [0, 0.1) is 17.5 Å². The van der Waals surface area contributed by atoms with Crippen LogP contribution in [0.15, 0.2) is 36.4 Å². The molecule has 2 aromatic rings. The first-order valence-electron chi connectivity index (χ1n) is 12.1. The molecule has 0 saturated carbocycles. The van der Waals surface area contributed by atoms with Gasteiger partial charge in [0.2, 0.25) is 17.7 Å². The highest BCUT2D eigenvalue weighted by atomic mass is 19.3. The van der Waals surface area contributed by atoms with Crippen LogP contribution in [-0.4, -0.2) is 65.7 Å². The van der Waals surface area contributed by atoms with Crippen molar-refractivity contribution in [2.45, 2.75) is 44.2 Å². The van der Waals surface area contributed by atoms with E-state index in [-0.39, 0.29) is 51.1 Å². The second-order valence-corrected chi connectivity index (χ2v) is 9.62. The average molecular weight is 539 g/mol. The first kappa shape index (κ1) is 27.5. The van der Waals surface area contributed by atoms with Crippen LogP contribution in [0.25, 0.3) is 0 Å². The molecule has 1 atom stereocenters. The maximum Gasteiger partial charge on any atom is 0.251 e. The Kier molecular flexibility index (Phi) is 8.00. The summed E-state index contributed by atoms with van der Waals surface area (Å²) in [7, 11) is 0. The van der Waals surface area contributed by atoms with Crippen LogP contribution in [0.1, 0.15) is 30.4 Å². The lowest BCUT2D eigenvalue weighted by Gasteiger charge is -2.33. The van der Waals surface area contributed by atoms with Gasteiger partial charge in [0.1, 0.15) is 18.9 Å². The van der Waals surface area contributed by atoms with Gasteiger partial charge in [-0.1, -0.05) is 18.2 Å². The van der Waals surface area contributed by atoms with Crippen molar-refractivity contribution < 1.29 is 36.3 Å². The van der Waals surface area contributed by atoms with Gasteiger partial charge in [-0.3, -0.25) is 14.4 Å². The Hall–Kier alpha value is -3.54. The second kappa shape index (κ2) is 11.1. The molecule has 4 rings (SSSR count). The third-order valence-corrected chi connectivity index (χ3v) is 6.77. The van der Waals surface area contributed by atoms with Gasteiger partial charge in [-0.15, -0.1) is 0 Å². The Morgan fingerprint density at radius 1 is 0.921 bits per heavy atom. The highest BCUT2D eigenvalue weighted by Gasteiger charge is 2.37. The maximum absolute atomic E-state index is 14.0. The van der Waals surface area contributed by atoms with E-state index in [4.69, 9.17) is 5.73 Å². The fraction of sp³-hybridized carbons (Fsp3) is 0.423. The number of amides is 3. The number of hydrogen-bond acceptors (Lipinski definition) is 4. The fourth-order valence-electron chi connectivity index (χ4n) is 4.65. The van der Waals surface area contributed by atoms with Gasteiger partial charge in [0.25, 0.3) is 5.92 Å². The highest BCUT2D eigenvalue weighted by Crippen LogP contribution is 2.29. The standard InChI is InChI=1S/C26H27F5N4O3/c27-19-12-21(29)20(28)10-17(19)9-18(32)11-23(36)34-13-16-3-1-2-4-22(16)35(25(38)14-34)15-24(37)33-7-5-26(30,31)6-8-33/h1-4,10,12,18H,5-9,11,13-15,32H2/t18-/m1/s1. The van der Waals surface area contributed by atoms with Crippen molar-refractivity contribution in [1.29, 1.82) is 0 Å². The molecular formula is C26H27F5N4O3. The van der Waals surface area contributed by atoms with Crippen LogP contribution >= 0.6 is 0 Å². The molecule has 1 saturated heterocycles. The van der Waals surface area contributed by atoms with Crippen molar-refractivity contribution in [3.8, 4) is 0 Å². The number of hydrogen-bond donors (Lipinski definition) is 1. The third kappa shape index (κ3) is 6.29. The van der Waals surface area contributed by atoms with E-state index in [1.54, 1.807) is 24.3 Å². The SMILES string of the molecule is N[C@@H](CC(=O)N1CC(=O)N(CC(=O)N2CCC(F)(F)CC2)c2ccccc2C1)Cc1cc(F)c(F)cc1F. The lowest BCUT2D eigenvalue weighted by atomic mass is 10.0. The highest BCUT2D eigenvalue weighted by molar-refractivity contribution is 6.02. The van der Waals surface area contributed by atoms with Crippen LogP contribution in [0.4, 0.5) is 27.6 Å². The number of benzene rings is 2. The molecule has 0 spiro atoms. The largest absolute Gasteiger partial charge is 0.341 e. The number of carbonyl (C=O) groups excluding carboxylic acids is 3. The number of alkyl halides is 2. The lowest BCUT2D eigenvalue weighted by Crippen LogP contribution is -2.49. The molecule has 2 aromatic carbocycles. The van der Waals surface area contributed by atoms with Gasteiger partial charge in [-0.05, 0) is 29.7 Å². The Morgan fingerprint density at radius 2 is 1.58 bits per heavy atom. The molecular weight excluding hydrogens is 511 g/mol. The van der Waals surface area contributed by atoms with Gasteiger partial charge in [-0.25, -0.2) is 22.0 Å². The Balaban J connectivity index is 1.44. The summed E-state index contributed by atoms with van der Waals surface area (Å²) in [6.07, 6.45) is -1.42. The van der Waals surface area contributed by atoms with Crippen LogP contribution < -0.4 is 10.6 Å². The predicted molar refractivity (Wildman–Crippen MR) is 128 cm³/mol. The van der Waals surface area contributed by atoms with Gasteiger partial charge in [-0.2, -0.15) is 0 Å². The second-order valence-electron chi connectivity index (χ2n) is 9.62. The Morgan fingerprint density at radius 3 is 2.29 bits per heavy atom. The van der Waals surface area contributed by atoms with Gasteiger partial charge in [0.05, 0.1) is 0 Å². The van der Waals surface area contributed by atoms with Crippen molar-refractivity contribution in [2.75, 3.05) is 31.1 Å². The van der Waals surface area contributed by atoms with E-state index in [0.29, 0.717) is 23.4 Å². The summed E-state index contributed by atoms with van der Waals surface area (Å²) in [6, 6.07) is 6.88. The molecule has 1 fully saturated rings. The molecule has 0 aliphatic carbocycles. The Labute approximate surface area is 216 Å². The van der Waals surface area contributed by atoms with Crippen molar-refractivity contribution in [1.82, 2.24) is 9.80 Å². The van der Waals surface area contributed by atoms with E-state index in [0.717, 1.165) is 0 Å². The average Bonchev–Trinajstić information content (AvgIpc) is 2.99. The number of anilines is 1. The monoisotopic (exact) mass is 538 g/mol. The molecule has 2 aliphatic heterocycles. The normalized spacial score (nSPS) is 18.2. The van der Waals surface area contributed by atoms with Gasteiger partial charge >= 0.3 is 0 Å². The quantitative estimate of drug-likeness (QED) is 0.453. The zero-order valence-electron chi connectivity index (χ0n) is 20.4. The van der Waals surface area contributed by atoms with E-state index < -0.39 is 60.0 Å². The van der Waals surface area contributed by atoms with E-state index in [1.807, 2.05) is 0 Å². The summed E-state index contributed by atoms with van der Waals surface area (Å²) < 4.78 is 67.7. The molecule has 38 heavy (non-hydrogen) atoms. The summed E-state index contributed by atoms with van der Waals surface area (Å²) >= 11 is 0. The lowest BCUT2D eigenvalue weighted by molar-refractivity contribution is -0.137. The zero-order chi connectivity index (χ0) is 27.6. The number of nitrogens with two attached hydrogens (primary N) is 1. The number of likely N-dealkylation sites (tertiary alicyclic amines) is 1. The number of rotatable bonds is 6. The molecule has 0 bridgehead atoms. The predicted octanol–water partition coefficient (Wildman–Crippen LogP) is 3.00. The van der Waals surface area contributed by atoms with Gasteiger partial charge in [0, 0.05) is 56.7 Å². The molecule has 0 radical (unpaired) electrons. The molecule has 0 aromatic heterocycles. The van der Waals surface area contributed by atoms with E-state index >= 15 is 0 Å². The van der Waals surface area contributed by atoms with Gasteiger partial charge < -0.3 is 20.4 Å². The molecule has 2 N–H and O–H groups in total. The fourth-order valence-corrected chi connectivity index (χ4v) is 4.65. The molecule has 2 aliphatic rings. The number of halogens is 5. The van der Waals surface area contributed by atoms with Gasteiger partial charge in [0.15, 0.2) is 11.6 Å². The number of piperidine rings is 1. The van der Waals surface area contributed by atoms with Crippen molar-refractivity contribution in [3.63, 3.8) is 0 Å². The van der Waals surface area contributed by atoms with E-state index in [1.165, 1.54) is 14.7 Å². The number of fused-ring (bicyclic) bond motifs is 1. The zero-order valence-corrected chi connectivity index (χ0v) is 20.4. The van der Waals surface area contributed by atoms with E-state index in [9.17, 15) is 36.3 Å². The van der Waals surface area contributed by atoms with Crippen molar-refractivity contribution in [2.24, 2.45) is 5.73 Å². The molecule has 3 amide bonds. The first-order chi connectivity index (χ1) is 17.9. The first-order valence-corrected chi connectivity index (χ1v) is 12.1. The molecule has 12 heteroatoms. The summed E-state index contributed by atoms with van der Waals surface area (Å²) in [5.74, 6) is -7.90. The summed E-state index contributed by atoms with van der Waals surface area (Å²) in [5.41, 5.74) is 6.84. The Bertz CT molecular complexity index is 1230. The summed E-state index contributed by atoms with van der Waals surface area (Å²) in [5, 5.41) is 0. The van der Waals surface area contributed by atoms with Crippen molar-refractivity contribution in [3.05, 3.63) is 65.0 Å². The molecule has 2 heterocycles. The number of carbonyl (C=O) groups is 3. The minimum atomic E-state index is -2.82.